The summed E-state index contributed by atoms with van der Waals surface area (Å²) in [6.07, 6.45) is 3.14. The number of hydrogen-bond acceptors (Lipinski definition) is 5. The van der Waals surface area contributed by atoms with Crippen molar-refractivity contribution in [3.8, 4) is 6.01 Å². The maximum absolute atomic E-state index is 12.0. The van der Waals surface area contributed by atoms with Crippen molar-refractivity contribution in [1.29, 1.82) is 0 Å². The van der Waals surface area contributed by atoms with Gasteiger partial charge < -0.3 is 10.1 Å². The predicted octanol–water partition coefficient (Wildman–Crippen LogP) is 1.75. The Hall–Kier alpha value is -2.50. The summed E-state index contributed by atoms with van der Waals surface area (Å²) in [4.78, 5) is 24.2. The summed E-state index contributed by atoms with van der Waals surface area (Å²) < 4.78 is 4.98. The lowest BCUT2D eigenvalue weighted by Gasteiger charge is -2.11. The third kappa shape index (κ3) is 2.85. The second-order valence-corrected chi connectivity index (χ2v) is 3.95. The molecule has 98 valence electrons. The first-order valence-electron chi connectivity index (χ1n) is 5.72. The molecule has 2 heterocycles. The van der Waals surface area contributed by atoms with Crippen molar-refractivity contribution in [2.24, 2.45) is 0 Å². The molecule has 0 spiro atoms. The summed E-state index contributed by atoms with van der Waals surface area (Å²) in [7, 11) is 1.50. The number of rotatable bonds is 3. The zero-order chi connectivity index (χ0) is 13.8. The molecule has 19 heavy (non-hydrogen) atoms. The Morgan fingerprint density at radius 1 is 1.16 bits per heavy atom. The highest BCUT2D eigenvalue weighted by Crippen LogP contribution is 2.20. The van der Waals surface area contributed by atoms with Crippen molar-refractivity contribution < 1.29 is 9.53 Å². The van der Waals surface area contributed by atoms with Crippen LogP contribution < -0.4 is 10.1 Å². The van der Waals surface area contributed by atoms with Crippen LogP contribution in [0.3, 0.4) is 0 Å². The van der Waals surface area contributed by atoms with Gasteiger partial charge in [-0.3, -0.25) is 9.78 Å². The smallest absolute Gasteiger partial charge is 0.316 e. The Balaban J connectivity index is 2.27. The van der Waals surface area contributed by atoms with Gasteiger partial charge in [-0.1, -0.05) is 0 Å². The van der Waals surface area contributed by atoms with Gasteiger partial charge in [0.05, 0.1) is 24.2 Å². The molecule has 1 N–H and O–H groups in total. The Bertz CT molecular complexity index is 576. The molecule has 6 heteroatoms. The van der Waals surface area contributed by atoms with Crippen molar-refractivity contribution in [1.82, 2.24) is 15.0 Å². The average molecular weight is 258 g/mol. The first-order chi connectivity index (χ1) is 9.11. The molecule has 0 bridgehead atoms. The number of carbonyl (C=O) groups excluding carboxylic acids is 1. The average Bonchev–Trinajstić information content (AvgIpc) is 2.43. The van der Waals surface area contributed by atoms with E-state index >= 15 is 0 Å². The molecule has 1 amide bonds. The number of aryl methyl sites for hydroxylation is 2. The van der Waals surface area contributed by atoms with Crippen LogP contribution in [0.2, 0.25) is 0 Å². The van der Waals surface area contributed by atoms with Crippen LogP contribution in [0.4, 0.5) is 5.69 Å². The van der Waals surface area contributed by atoms with E-state index < -0.39 is 0 Å². The molecule has 2 aromatic heterocycles. The van der Waals surface area contributed by atoms with Gasteiger partial charge >= 0.3 is 6.01 Å². The Labute approximate surface area is 110 Å². The van der Waals surface area contributed by atoms with Gasteiger partial charge in [0.2, 0.25) is 0 Å². The van der Waals surface area contributed by atoms with Gasteiger partial charge in [0.15, 0.2) is 0 Å². The van der Waals surface area contributed by atoms with Crippen molar-refractivity contribution in [3.05, 3.63) is 41.5 Å². The molecule has 0 aliphatic rings. The van der Waals surface area contributed by atoms with Crippen LogP contribution in [-0.4, -0.2) is 28.0 Å². The van der Waals surface area contributed by atoms with Crippen LogP contribution >= 0.6 is 0 Å². The van der Waals surface area contributed by atoms with E-state index in [0.29, 0.717) is 22.6 Å². The third-order valence-corrected chi connectivity index (χ3v) is 2.61. The van der Waals surface area contributed by atoms with Crippen molar-refractivity contribution >= 4 is 11.6 Å². The van der Waals surface area contributed by atoms with Gasteiger partial charge in [0.25, 0.3) is 5.91 Å². The lowest BCUT2D eigenvalue weighted by atomic mass is 10.2. The van der Waals surface area contributed by atoms with Crippen LogP contribution in [0.25, 0.3) is 0 Å². The normalized spacial score (nSPS) is 10.1. The van der Waals surface area contributed by atoms with Crippen molar-refractivity contribution in [2.75, 3.05) is 12.4 Å². The van der Waals surface area contributed by atoms with E-state index in [1.807, 2.05) is 0 Å². The SMILES string of the molecule is COc1nc(C)c(NC(=O)c2ccncc2)c(C)n1. The first-order valence-corrected chi connectivity index (χ1v) is 5.72. The molecule has 0 saturated carbocycles. The van der Waals surface area contributed by atoms with E-state index in [2.05, 4.69) is 20.3 Å². The van der Waals surface area contributed by atoms with E-state index in [1.165, 1.54) is 7.11 Å². The summed E-state index contributed by atoms with van der Waals surface area (Å²) in [6, 6.07) is 3.58. The van der Waals surface area contributed by atoms with Crippen LogP contribution in [0, 0.1) is 13.8 Å². The maximum atomic E-state index is 12.0. The number of aromatic nitrogens is 3. The van der Waals surface area contributed by atoms with Crippen LogP contribution in [0.1, 0.15) is 21.7 Å². The second kappa shape index (κ2) is 5.43. The van der Waals surface area contributed by atoms with Gasteiger partial charge in [0, 0.05) is 18.0 Å². The molecular weight excluding hydrogens is 244 g/mol. The highest BCUT2D eigenvalue weighted by atomic mass is 16.5. The van der Waals surface area contributed by atoms with Gasteiger partial charge in [-0.2, -0.15) is 9.97 Å². The van der Waals surface area contributed by atoms with Crippen LogP contribution in [0.15, 0.2) is 24.5 Å². The van der Waals surface area contributed by atoms with Gasteiger partial charge in [0.1, 0.15) is 0 Å². The topological polar surface area (TPSA) is 77.0 Å². The molecule has 0 fully saturated rings. The van der Waals surface area contributed by atoms with Crippen LogP contribution in [-0.2, 0) is 0 Å². The summed E-state index contributed by atoms with van der Waals surface area (Å²) in [5.74, 6) is -0.220. The largest absolute Gasteiger partial charge is 0.467 e. The molecule has 0 aliphatic carbocycles. The maximum Gasteiger partial charge on any atom is 0.316 e. The lowest BCUT2D eigenvalue weighted by molar-refractivity contribution is 0.102. The zero-order valence-corrected chi connectivity index (χ0v) is 11.0. The fourth-order valence-corrected chi connectivity index (χ4v) is 1.65. The number of hydrogen-bond donors (Lipinski definition) is 1. The number of nitrogens with zero attached hydrogens (tertiary/aromatic N) is 3. The molecule has 0 aromatic carbocycles. The number of carbonyl (C=O) groups is 1. The summed E-state index contributed by atoms with van der Waals surface area (Å²) in [5, 5.41) is 2.80. The molecule has 2 rings (SSSR count). The molecule has 0 saturated heterocycles. The number of ether oxygens (including phenoxy) is 1. The summed E-state index contributed by atoms with van der Waals surface area (Å²) >= 11 is 0. The van der Waals surface area contributed by atoms with E-state index in [1.54, 1.807) is 38.4 Å². The molecule has 0 unspecified atom stereocenters. The fraction of sp³-hybridized carbons (Fsp3) is 0.231. The van der Waals surface area contributed by atoms with E-state index in [-0.39, 0.29) is 11.9 Å². The number of nitrogens with one attached hydrogen (secondary N) is 1. The quantitative estimate of drug-likeness (QED) is 0.907. The highest BCUT2D eigenvalue weighted by Gasteiger charge is 2.12. The van der Waals surface area contributed by atoms with E-state index in [9.17, 15) is 4.79 Å². The lowest BCUT2D eigenvalue weighted by Crippen LogP contribution is -2.15. The van der Waals surface area contributed by atoms with Crippen molar-refractivity contribution in [2.45, 2.75) is 13.8 Å². The standard InChI is InChI=1S/C13H14N4O2/c1-8-11(9(2)16-13(15-8)19-3)17-12(18)10-4-6-14-7-5-10/h4-7H,1-3H3,(H,17,18). The minimum atomic E-state index is -0.220. The molecular formula is C13H14N4O2. The Morgan fingerprint density at radius 3 is 2.26 bits per heavy atom. The molecule has 2 aromatic rings. The monoisotopic (exact) mass is 258 g/mol. The van der Waals surface area contributed by atoms with E-state index in [4.69, 9.17) is 4.74 Å². The number of pyridine rings is 1. The minimum absolute atomic E-state index is 0.220. The van der Waals surface area contributed by atoms with Gasteiger partial charge in [-0.05, 0) is 26.0 Å². The number of amides is 1. The zero-order valence-electron chi connectivity index (χ0n) is 11.0. The second-order valence-electron chi connectivity index (χ2n) is 3.95. The molecule has 0 aliphatic heterocycles. The predicted molar refractivity (Wildman–Crippen MR) is 70.2 cm³/mol. The molecule has 6 nitrogen and oxygen atoms in total. The Kier molecular flexibility index (Phi) is 3.70. The van der Waals surface area contributed by atoms with E-state index in [0.717, 1.165) is 0 Å². The third-order valence-electron chi connectivity index (χ3n) is 2.61. The minimum Gasteiger partial charge on any atom is -0.467 e. The number of methoxy groups -OCH3 is 1. The molecule has 0 atom stereocenters. The first kappa shape index (κ1) is 12.9. The number of anilines is 1. The summed E-state index contributed by atoms with van der Waals surface area (Å²) in [6.45, 7) is 3.58. The van der Waals surface area contributed by atoms with Crippen molar-refractivity contribution in [3.63, 3.8) is 0 Å². The van der Waals surface area contributed by atoms with Gasteiger partial charge in [-0.25, -0.2) is 0 Å². The Morgan fingerprint density at radius 2 is 1.74 bits per heavy atom. The highest BCUT2D eigenvalue weighted by molar-refractivity contribution is 6.04. The van der Waals surface area contributed by atoms with Crippen LogP contribution in [0.5, 0.6) is 6.01 Å². The fourth-order valence-electron chi connectivity index (χ4n) is 1.65. The summed E-state index contributed by atoms with van der Waals surface area (Å²) in [5.41, 5.74) is 2.45. The van der Waals surface area contributed by atoms with Gasteiger partial charge in [-0.15, -0.1) is 0 Å². The molecule has 0 radical (unpaired) electrons.